The van der Waals surface area contributed by atoms with Crippen molar-refractivity contribution in [1.29, 1.82) is 0 Å². The van der Waals surface area contributed by atoms with Gasteiger partial charge in [0.2, 0.25) is 5.91 Å². The highest BCUT2D eigenvalue weighted by atomic mass is 32.1. The molecule has 28 heavy (non-hydrogen) atoms. The summed E-state index contributed by atoms with van der Waals surface area (Å²) in [7, 11) is 1.61. The van der Waals surface area contributed by atoms with Crippen LogP contribution in [0, 0.1) is 0 Å². The lowest BCUT2D eigenvalue weighted by atomic mass is 9.87. The van der Waals surface area contributed by atoms with Gasteiger partial charge in [0.1, 0.15) is 5.75 Å². The van der Waals surface area contributed by atoms with E-state index < -0.39 is 0 Å². The van der Waals surface area contributed by atoms with E-state index in [2.05, 4.69) is 44.3 Å². The highest BCUT2D eigenvalue weighted by Gasteiger charge is 2.16. The van der Waals surface area contributed by atoms with Crippen molar-refractivity contribution in [3.05, 3.63) is 77.2 Å². The van der Waals surface area contributed by atoms with Gasteiger partial charge >= 0.3 is 0 Å². The molecular formula is C24H25NO2S. The Hall–Kier alpha value is -2.85. The predicted molar refractivity (Wildman–Crippen MR) is 119 cm³/mol. The molecule has 2 aromatic carbocycles. The van der Waals surface area contributed by atoms with Gasteiger partial charge in [0.15, 0.2) is 0 Å². The van der Waals surface area contributed by atoms with Crippen molar-refractivity contribution < 1.29 is 9.53 Å². The van der Waals surface area contributed by atoms with E-state index in [1.54, 1.807) is 24.5 Å². The molecule has 0 fully saturated rings. The third-order valence-electron chi connectivity index (χ3n) is 4.41. The van der Waals surface area contributed by atoms with Crippen LogP contribution in [0.3, 0.4) is 0 Å². The van der Waals surface area contributed by atoms with Crippen molar-refractivity contribution in [2.75, 3.05) is 12.4 Å². The molecule has 0 atom stereocenters. The third kappa shape index (κ3) is 4.90. The van der Waals surface area contributed by atoms with Gasteiger partial charge in [0.25, 0.3) is 0 Å². The van der Waals surface area contributed by atoms with Gasteiger partial charge < -0.3 is 10.1 Å². The number of hydrogen-bond donors (Lipinski definition) is 1. The Balaban J connectivity index is 1.73. The lowest BCUT2D eigenvalue weighted by Gasteiger charge is -2.21. The second kappa shape index (κ2) is 8.44. The van der Waals surface area contributed by atoms with Crippen molar-refractivity contribution in [1.82, 2.24) is 0 Å². The molecule has 3 rings (SSSR count). The van der Waals surface area contributed by atoms with Crippen LogP contribution in [0.5, 0.6) is 5.75 Å². The van der Waals surface area contributed by atoms with Crippen LogP contribution in [-0.4, -0.2) is 13.0 Å². The zero-order chi connectivity index (χ0) is 20.1. The third-order valence-corrected chi connectivity index (χ3v) is 5.51. The number of methoxy groups -OCH3 is 1. The van der Waals surface area contributed by atoms with E-state index in [1.807, 2.05) is 48.5 Å². The van der Waals surface area contributed by atoms with Crippen LogP contribution in [0.4, 0.5) is 5.69 Å². The molecule has 3 aromatic rings. The van der Waals surface area contributed by atoms with Crippen LogP contribution in [0.1, 0.15) is 31.2 Å². The summed E-state index contributed by atoms with van der Waals surface area (Å²) in [6.07, 6.45) is 3.40. The van der Waals surface area contributed by atoms with E-state index in [0.717, 1.165) is 10.4 Å². The normalized spacial score (nSPS) is 11.6. The minimum absolute atomic E-state index is 0.00754. The molecule has 0 radical (unpaired) electrons. The number of ether oxygens (including phenoxy) is 1. The number of nitrogens with one attached hydrogen (secondary N) is 1. The molecule has 0 aliphatic carbocycles. The quantitative estimate of drug-likeness (QED) is 0.513. The minimum atomic E-state index is -0.181. The summed E-state index contributed by atoms with van der Waals surface area (Å²) in [6, 6.07) is 20.2. The average molecular weight is 392 g/mol. The largest absolute Gasteiger partial charge is 0.495 e. The molecule has 1 heterocycles. The summed E-state index contributed by atoms with van der Waals surface area (Å²) < 4.78 is 5.39. The van der Waals surface area contributed by atoms with E-state index in [-0.39, 0.29) is 11.3 Å². The highest BCUT2D eigenvalue weighted by molar-refractivity contribution is 7.16. The Morgan fingerprint density at radius 1 is 1.04 bits per heavy atom. The zero-order valence-corrected chi connectivity index (χ0v) is 17.5. The smallest absolute Gasteiger partial charge is 0.248 e. The molecule has 0 spiro atoms. The first-order valence-corrected chi connectivity index (χ1v) is 10.0. The molecule has 0 aliphatic rings. The van der Waals surface area contributed by atoms with Gasteiger partial charge in [-0.1, -0.05) is 57.2 Å². The van der Waals surface area contributed by atoms with Crippen LogP contribution in [-0.2, 0) is 10.2 Å². The number of hydrogen-bond acceptors (Lipinski definition) is 3. The topological polar surface area (TPSA) is 38.3 Å². The van der Waals surface area contributed by atoms with Gasteiger partial charge in [-0.25, -0.2) is 0 Å². The highest BCUT2D eigenvalue weighted by Crippen LogP contribution is 2.32. The number of rotatable bonds is 5. The molecular weight excluding hydrogens is 366 g/mol. The van der Waals surface area contributed by atoms with Gasteiger partial charge in [-0.3, -0.25) is 4.79 Å². The van der Waals surface area contributed by atoms with Gasteiger partial charge in [0, 0.05) is 15.8 Å². The summed E-state index contributed by atoms with van der Waals surface area (Å²) in [4.78, 5) is 14.7. The predicted octanol–water partition coefficient (Wildman–Crippen LogP) is 6.37. The first kappa shape index (κ1) is 19.9. The SMILES string of the molecule is COc1ccc(C(C)(C)C)cc1NC(=O)/C=C/c1ccc(-c2ccccc2)s1. The number of benzene rings is 2. The lowest BCUT2D eigenvalue weighted by molar-refractivity contribution is -0.111. The molecule has 0 aliphatic heterocycles. The molecule has 1 amide bonds. The van der Waals surface area contributed by atoms with Gasteiger partial charge in [-0.05, 0) is 46.9 Å². The maximum Gasteiger partial charge on any atom is 0.248 e. The van der Waals surface area contributed by atoms with Crippen LogP contribution < -0.4 is 10.1 Å². The van der Waals surface area contributed by atoms with E-state index in [4.69, 9.17) is 4.74 Å². The van der Waals surface area contributed by atoms with Crippen molar-refractivity contribution >= 4 is 29.0 Å². The number of carbonyl (C=O) groups is 1. The first-order chi connectivity index (χ1) is 13.4. The van der Waals surface area contributed by atoms with Crippen LogP contribution in [0.2, 0.25) is 0 Å². The maximum atomic E-state index is 12.4. The van der Waals surface area contributed by atoms with E-state index in [9.17, 15) is 4.79 Å². The van der Waals surface area contributed by atoms with E-state index in [0.29, 0.717) is 11.4 Å². The Labute approximate surface area is 170 Å². The van der Waals surface area contributed by atoms with Crippen LogP contribution in [0.15, 0.2) is 66.7 Å². The summed E-state index contributed by atoms with van der Waals surface area (Å²) in [5.74, 6) is 0.469. The minimum Gasteiger partial charge on any atom is -0.495 e. The Morgan fingerprint density at radius 2 is 1.79 bits per heavy atom. The van der Waals surface area contributed by atoms with Gasteiger partial charge in [0.05, 0.1) is 12.8 Å². The standard InChI is InChI=1S/C24H25NO2S/c1-24(2,3)18-10-13-21(27-4)20(16-18)25-23(26)15-12-19-11-14-22(28-19)17-8-6-5-7-9-17/h5-16H,1-4H3,(H,25,26)/b15-12+. The first-order valence-electron chi connectivity index (χ1n) is 9.19. The fourth-order valence-corrected chi connectivity index (χ4v) is 3.72. The van der Waals surface area contributed by atoms with E-state index in [1.165, 1.54) is 10.4 Å². The van der Waals surface area contributed by atoms with Crippen LogP contribution >= 0.6 is 11.3 Å². The zero-order valence-electron chi connectivity index (χ0n) is 16.7. The molecule has 4 heteroatoms. The Kier molecular flexibility index (Phi) is 6.00. The number of amides is 1. The Bertz CT molecular complexity index is 981. The molecule has 0 saturated heterocycles. The van der Waals surface area contributed by atoms with Gasteiger partial charge in [-0.15, -0.1) is 11.3 Å². The fourth-order valence-electron chi connectivity index (χ4n) is 2.80. The molecule has 1 aromatic heterocycles. The summed E-state index contributed by atoms with van der Waals surface area (Å²) in [5, 5.41) is 2.94. The summed E-state index contributed by atoms with van der Waals surface area (Å²) in [5.41, 5.74) is 2.99. The second-order valence-corrected chi connectivity index (χ2v) is 8.67. The van der Waals surface area contributed by atoms with Crippen molar-refractivity contribution in [2.45, 2.75) is 26.2 Å². The van der Waals surface area contributed by atoms with Crippen molar-refractivity contribution in [3.8, 4) is 16.2 Å². The Morgan fingerprint density at radius 3 is 2.46 bits per heavy atom. The van der Waals surface area contributed by atoms with Crippen molar-refractivity contribution in [2.24, 2.45) is 0 Å². The molecule has 0 saturated carbocycles. The second-order valence-electron chi connectivity index (χ2n) is 7.56. The molecule has 0 unspecified atom stereocenters. The molecule has 0 bridgehead atoms. The maximum absolute atomic E-state index is 12.4. The van der Waals surface area contributed by atoms with Gasteiger partial charge in [-0.2, -0.15) is 0 Å². The fraction of sp³-hybridized carbons (Fsp3) is 0.208. The molecule has 3 nitrogen and oxygen atoms in total. The van der Waals surface area contributed by atoms with Crippen LogP contribution in [0.25, 0.3) is 16.5 Å². The van der Waals surface area contributed by atoms with Crippen molar-refractivity contribution in [3.63, 3.8) is 0 Å². The number of carbonyl (C=O) groups excluding carboxylic acids is 1. The molecule has 1 N–H and O–H groups in total. The number of thiophene rings is 1. The summed E-state index contributed by atoms with van der Waals surface area (Å²) in [6.45, 7) is 6.42. The number of anilines is 1. The monoisotopic (exact) mass is 391 g/mol. The lowest BCUT2D eigenvalue weighted by Crippen LogP contribution is -2.14. The summed E-state index contributed by atoms with van der Waals surface area (Å²) >= 11 is 1.66. The average Bonchev–Trinajstić information content (AvgIpc) is 3.15. The van der Waals surface area contributed by atoms with E-state index >= 15 is 0 Å². The molecule has 144 valence electrons.